The smallest absolute Gasteiger partial charge is 0.311 e. The van der Waals surface area contributed by atoms with Gasteiger partial charge in [-0.25, -0.2) is 0 Å². The molecule has 0 amide bonds. The van der Waals surface area contributed by atoms with Gasteiger partial charge in [0.05, 0.1) is 47.6 Å². The molecule has 3 saturated heterocycles. The summed E-state index contributed by atoms with van der Waals surface area (Å²) in [6, 6.07) is -0.441. The summed E-state index contributed by atoms with van der Waals surface area (Å²) >= 11 is 0. The Kier molecular flexibility index (Phi) is 16.8. The maximum Gasteiger partial charge on any atom is 0.311 e. The van der Waals surface area contributed by atoms with Gasteiger partial charge < -0.3 is 63.0 Å². The van der Waals surface area contributed by atoms with Gasteiger partial charge in [0, 0.05) is 52.3 Å². The zero-order chi connectivity index (χ0) is 41.1. The van der Waals surface area contributed by atoms with Crippen LogP contribution in [0, 0.1) is 17.8 Å². The van der Waals surface area contributed by atoms with Crippen molar-refractivity contribution in [2.24, 2.45) is 17.8 Å². The maximum atomic E-state index is 14.4. The first-order valence-electron chi connectivity index (χ1n) is 19.9. The zero-order valence-corrected chi connectivity index (χ0v) is 36.1. The van der Waals surface area contributed by atoms with Crippen LogP contribution in [0.15, 0.2) is 0 Å². The van der Waals surface area contributed by atoms with E-state index in [2.05, 4.69) is 4.90 Å². The summed E-state index contributed by atoms with van der Waals surface area (Å²) in [7, 11) is 10.5. The van der Waals surface area contributed by atoms with Crippen LogP contribution in [0.5, 0.6) is 0 Å². The first-order valence-corrected chi connectivity index (χ1v) is 19.9. The van der Waals surface area contributed by atoms with Crippen LogP contribution >= 0.6 is 0 Å². The maximum absolute atomic E-state index is 14.4. The van der Waals surface area contributed by atoms with Crippen LogP contribution in [0.25, 0.3) is 0 Å². The third-order valence-corrected chi connectivity index (χ3v) is 12.9. The number of cyclic esters (lactones) is 1. The minimum Gasteiger partial charge on any atom is -0.459 e. The molecule has 3 aliphatic heterocycles. The lowest BCUT2D eigenvalue weighted by Crippen LogP contribution is -2.61. The Hall–Kier alpha value is -1.01. The van der Waals surface area contributed by atoms with E-state index in [9.17, 15) is 20.1 Å². The highest BCUT2D eigenvalue weighted by molar-refractivity contribution is 5.73. The van der Waals surface area contributed by atoms with Crippen LogP contribution in [-0.2, 0) is 42.7 Å². The molecular formula is C40H76N2O12. The summed E-state index contributed by atoms with van der Waals surface area (Å²) < 4.78 is 50.3. The second-order valence-corrected chi connectivity index (χ2v) is 17.5. The molecule has 54 heavy (non-hydrogen) atoms. The van der Waals surface area contributed by atoms with Gasteiger partial charge >= 0.3 is 5.97 Å². The Morgan fingerprint density at radius 2 is 1.56 bits per heavy atom. The lowest BCUT2D eigenvalue weighted by Gasteiger charge is -2.49. The topological polar surface area (TPSA) is 158 Å². The SMILES string of the molecule is CC[C@H]1OC(=O)[C@H](C)[C@@H](O[C@H]2C[C@@](C)(OC)[C@@H](OC)[C@@H](C)O2)[C@H](C)[C@@H](O[C@@H]2O[C@H](C)C[C@@H](N(C)C)[C@H]2O)[C@](C)(O)C[C@@H](C)N(C)C[C@H](C)[C@@H](O)[C@]1(C)OC. The summed E-state index contributed by atoms with van der Waals surface area (Å²) in [5.41, 5.74) is -3.53. The van der Waals surface area contributed by atoms with E-state index in [0.717, 1.165) is 0 Å². The third kappa shape index (κ3) is 10.3. The van der Waals surface area contributed by atoms with Gasteiger partial charge in [-0.3, -0.25) is 4.79 Å². The number of carbonyl (C=O) groups is 1. The van der Waals surface area contributed by atoms with Crippen LogP contribution in [0.1, 0.15) is 94.9 Å². The number of methoxy groups -OCH3 is 3. The molecule has 0 aliphatic carbocycles. The monoisotopic (exact) mass is 777 g/mol. The van der Waals surface area contributed by atoms with Gasteiger partial charge in [0.15, 0.2) is 12.6 Å². The summed E-state index contributed by atoms with van der Waals surface area (Å²) in [5, 5.41) is 36.0. The predicted molar refractivity (Wildman–Crippen MR) is 204 cm³/mol. The van der Waals surface area contributed by atoms with Crippen LogP contribution in [-0.4, -0.2) is 170 Å². The molecule has 0 spiro atoms. The molecule has 0 aromatic carbocycles. The van der Waals surface area contributed by atoms with E-state index in [0.29, 0.717) is 19.4 Å². The van der Waals surface area contributed by atoms with Crippen LogP contribution in [0.3, 0.4) is 0 Å². The van der Waals surface area contributed by atoms with E-state index in [1.165, 1.54) is 7.11 Å². The van der Waals surface area contributed by atoms with Gasteiger partial charge in [-0.2, -0.15) is 0 Å². The highest BCUT2D eigenvalue weighted by atomic mass is 16.7. The van der Waals surface area contributed by atoms with Gasteiger partial charge in [0.25, 0.3) is 0 Å². The van der Waals surface area contributed by atoms with E-state index in [4.69, 9.17) is 37.9 Å². The lowest BCUT2D eigenvalue weighted by atomic mass is 9.78. The Morgan fingerprint density at radius 3 is 2.09 bits per heavy atom. The Labute approximate surface area is 325 Å². The number of carbonyl (C=O) groups excluding carboxylic acids is 1. The molecule has 0 aromatic heterocycles. The minimum atomic E-state index is -1.53. The normalized spacial score (nSPS) is 48.2. The quantitative estimate of drug-likeness (QED) is 0.293. The molecule has 0 radical (unpaired) electrons. The molecule has 3 aliphatic rings. The summed E-state index contributed by atoms with van der Waals surface area (Å²) in [5.74, 6) is -2.47. The molecule has 0 saturated carbocycles. The van der Waals surface area contributed by atoms with Crippen molar-refractivity contribution in [2.45, 2.75) is 185 Å². The largest absolute Gasteiger partial charge is 0.459 e. The molecule has 318 valence electrons. The summed E-state index contributed by atoms with van der Waals surface area (Å²) in [4.78, 5) is 18.5. The van der Waals surface area contributed by atoms with Crippen molar-refractivity contribution in [1.29, 1.82) is 0 Å². The van der Waals surface area contributed by atoms with Gasteiger partial charge in [0.1, 0.15) is 23.9 Å². The first kappa shape index (κ1) is 47.4. The predicted octanol–water partition coefficient (Wildman–Crippen LogP) is 3.21. The van der Waals surface area contributed by atoms with Gasteiger partial charge in [-0.1, -0.05) is 20.8 Å². The number of nitrogens with zero attached hydrogens (tertiary/aromatic N) is 2. The van der Waals surface area contributed by atoms with Crippen LogP contribution < -0.4 is 0 Å². The molecule has 0 aromatic rings. The number of ether oxygens (including phenoxy) is 8. The average Bonchev–Trinajstić information content (AvgIpc) is 3.10. The highest BCUT2D eigenvalue weighted by Crippen LogP contribution is 2.40. The molecule has 3 rings (SSSR count). The van der Waals surface area contributed by atoms with Crippen molar-refractivity contribution < 1.29 is 58.0 Å². The first-order chi connectivity index (χ1) is 25.0. The number of esters is 1. The zero-order valence-electron chi connectivity index (χ0n) is 36.1. The average molecular weight is 777 g/mol. The number of hydrogen-bond acceptors (Lipinski definition) is 14. The molecule has 0 unspecified atom stereocenters. The van der Waals surface area contributed by atoms with E-state index in [1.54, 1.807) is 35.0 Å². The molecule has 0 bridgehead atoms. The number of hydrogen-bond donors (Lipinski definition) is 3. The van der Waals surface area contributed by atoms with Crippen LogP contribution in [0.4, 0.5) is 0 Å². The van der Waals surface area contributed by atoms with Crippen molar-refractivity contribution in [2.75, 3.05) is 49.0 Å². The molecule has 18 atom stereocenters. The number of rotatable bonds is 9. The summed E-state index contributed by atoms with van der Waals surface area (Å²) in [6.07, 6.45) is -6.19. The fourth-order valence-corrected chi connectivity index (χ4v) is 9.30. The molecule has 3 fully saturated rings. The minimum absolute atomic E-state index is 0.190. The van der Waals surface area contributed by atoms with E-state index in [1.807, 2.05) is 74.5 Å². The van der Waals surface area contributed by atoms with E-state index in [-0.39, 0.29) is 43.1 Å². The van der Waals surface area contributed by atoms with Gasteiger partial charge in [0.2, 0.25) is 0 Å². The van der Waals surface area contributed by atoms with Crippen molar-refractivity contribution in [3.05, 3.63) is 0 Å². The number of likely N-dealkylation sites (N-methyl/N-ethyl adjacent to an activating group) is 1. The lowest BCUT2D eigenvalue weighted by molar-refractivity contribution is -0.319. The molecule has 3 heterocycles. The third-order valence-electron chi connectivity index (χ3n) is 12.9. The second kappa shape index (κ2) is 19.2. The molecular weight excluding hydrogens is 700 g/mol. The van der Waals surface area contributed by atoms with E-state index >= 15 is 0 Å². The fourth-order valence-electron chi connectivity index (χ4n) is 9.30. The van der Waals surface area contributed by atoms with Crippen molar-refractivity contribution >= 4 is 5.97 Å². The Bertz CT molecular complexity index is 1180. The number of aliphatic hydroxyl groups is 3. The fraction of sp³-hybridized carbons (Fsp3) is 0.975. The Balaban J connectivity index is 2.20. The molecule has 14 heteroatoms. The van der Waals surface area contributed by atoms with Crippen molar-refractivity contribution in [3.8, 4) is 0 Å². The van der Waals surface area contributed by atoms with Crippen LogP contribution in [0.2, 0.25) is 0 Å². The number of aliphatic hydroxyl groups excluding tert-OH is 2. The van der Waals surface area contributed by atoms with E-state index < -0.39 is 83.8 Å². The summed E-state index contributed by atoms with van der Waals surface area (Å²) in [6.45, 7) is 19.2. The molecule has 14 nitrogen and oxygen atoms in total. The Morgan fingerprint density at radius 1 is 0.926 bits per heavy atom. The highest BCUT2D eigenvalue weighted by Gasteiger charge is 2.53. The van der Waals surface area contributed by atoms with Crippen molar-refractivity contribution in [1.82, 2.24) is 9.80 Å². The molecule has 3 N–H and O–H groups in total. The van der Waals surface area contributed by atoms with Crippen molar-refractivity contribution in [3.63, 3.8) is 0 Å². The second-order valence-electron chi connectivity index (χ2n) is 17.5. The van der Waals surface area contributed by atoms with Gasteiger partial charge in [-0.15, -0.1) is 0 Å². The van der Waals surface area contributed by atoms with Gasteiger partial charge in [-0.05, 0) is 94.8 Å². The standard InChI is InChI=1S/C40H76N2O12/c1-17-29-40(10,49-16)33(44)22(2)21-42(13)23(3)19-38(8,46)34(54-37-31(43)28(41(11)12)18-24(4)50-37)25(5)32(26(6)36(45)52-29)53-30-20-39(9,48-15)35(47-14)27(7)51-30/h22-35,37,43-44,46H,17-21H2,1-16H3/t22-,23+,24+,25-,26+,27+,28+,29+,30-,31+,32-,33+,34+,35-,37-,38+,39+,40+/m0/s1.